The minimum Gasteiger partial charge on any atom is -0.394 e. The molecule has 0 aromatic rings. The van der Waals surface area contributed by atoms with Gasteiger partial charge < -0.3 is 50.3 Å². The number of aliphatic hydroxyl groups excluding tert-OH is 7. The van der Waals surface area contributed by atoms with E-state index in [1.807, 2.05) is 0 Å². The topological polar surface area (TPSA) is 180 Å². The molecule has 2 aliphatic rings. The summed E-state index contributed by atoms with van der Waals surface area (Å²) in [7, 11) is 0. The molecule has 1 radical (unpaired) electrons. The third kappa shape index (κ3) is 2.76. The highest BCUT2D eigenvalue weighted by Crippen LogP contribution is 2.37. The Morgan fingerprint density at radius 3 is 1.95 bits per heavy atom. The first-order chi connectivity index (χ1) is 10.3. The largest absolute Gasteiger partial charge is 0.394 e. The van der Waals surface area contributed by atoms with Crippen molar-refractivity contribution in [3.05, 3.63) is 6.61 Å². The van der Waals surface area contributed by atoms with Crippen LogP contribution in [-0.2, 0) is 9.47 Å². The van der Waals surface area contributed by atoms with Gasteiger partial charge in [-0.05, 0) is 0 Å². The Morgan fingerprint density at radius 1 is 0.818 bits per heavy atom. The van der Waals surface area contributed by atoms with Crippen LogP contribution in [0, 0.1) is 6.61 Å². The Morgan fingerprint density at radius 2 is 1.41 bits per heavy atom. The summed E-state index contributed by atoms with van der Waals surface area (Å²) in [5.41, 5.74) is -2.43. The standard InChI is InChI=1S/C12H21O10/c13-1-4-7(16)10(19)12(20,3-21-4)11-9(18)8(17)6(15)5(2-14)22-11/h3-11,13-20H,1-2H2/t4-,5-,6+,7-,8+,9-,10+,11-,12+/m1/s1. The molecular weight excluding hydrogens is 304 g/mol. The quantitative estimate of drug-likeness (QED) is 0.250. The van der Waals surface area contributed by atoms with Crippen LogP contribution in [-0.4, -0.2) is 108 Å². The van der Waals surface area contributed by atoms with Crippen molar-refractivity contribution in [3.63, 3.8) is 0 Å². The minimum absolute atomic E-state index is 0.626. The third-order valence-electron chi connectivity index (χ3n) is 4.14. The Hall–Kier alpha value is -0.400. The molecule has 10 heteroatoms. The lowest BCUT2D eigenvalue weighted by Gasteiger charge is -2.51. The Kier molecular flexibility index (Phi) is 5.39. The molecule has 2 fully saturated rings. The molecule has 0 aliphatic carbocycles. The van der Waals surface area contributed by atoms with E-state index in [0.29, 0.717) is 6.61 Å². The number of hydrogen-bond donors (Lipinski definition) is 8. The van der Waals surface area contributed by atoms with Gasteiger partial charge in [-0.15, -0.1) is 0 Å². The maximum Gasteiger partial charge on any atom is 0.150 e. The van der Waals surface area contributed by atoms with Gasteiger partial charge in [0.1, 0.15) is 55.4 Å². The normalized spacial score (nSPS) is 53.5. The SMILES string of the molecule is OC[C@H]1O[C@@H]([C@]2(O)[CH]O[C@H](CO)[C@@H](O)[C@@H]2O)[C@H](O)[C@@H](O)[C@H]1O. The molecule has 0 saturated carbocycles. The van der Waals surface area contributed by atoms with E-state index in [4.69, 9.17) is 19.7 Å². The van der Waals surface area contributed by atoms with E-state index >= 15 is 0 Å². The van der Waals surface area contributed by atoms with Crippen LogP contribution in [0.4, 0.5) is 0 Å². The summed E-state index contributed by atoms with van der Waals surface area (Å²) >= 11 is 0. The number of ether oxygens (including phenoxy) is 2. The summed E-state index contributed by atoms with van der Waals surface area (Å²) in [5.74, 6) is 0. The molecular formula is C12H21O10. The van der Waals surface area contributed by atoms with Gasteiger partial charge in [0.15, 0.2) is 5.60 Å². The smallest absolute Gasteiger partial charge is 0.150 e. The summed E-state index contributed by atoms with van der Waals surface area (Å²) in [5, 5.41) is 77.9. The second-order valence-corrected chi connectivity index (χ2v) is 5.55. The molecule has 0 aromatic carbocycles. The number of hydrogen-bond acceptors (Lipinski definition) is 10. The summed E-state index contributed by atoms with van der Waals surface area (Å²) in [6.07, 6.45) is -13.0. The van der Waals surface area contributed by atoms with Crippen molar-refractivity contribution in [3.8, 4) is 0 Å². The van der Waals surface area contributed by atoms with Crippen molar-refractivity contribution >= 4 is 0 Å². The highest BCUT2D eigenvalue weighted by molar-refractivity contribution is 5.12. The second-order valence-electron chi connectivity index (χ2n) is 5.55. The molecule has 0 bridgehead atoms. The highest BCUT2D eigenvalue weighted by Gasteiger charge is 2.60. The monoisotopic (exact) mass is 325 g/mol. The first kappa shape index (κ1) is 17.9. The van der Waals surface area contributed by atoms with Gasteiger partial charge in [-0.1, -0.05) is 0 Å². The van der Waals surface area contributed by atoms with Crippen LogP contribution < -0.4 is 0 Å². The third-order valence-corrected chi connectivity index (χ3v) is 4.14. The van der Waals surface area contributed by atoms with E-state index in [0.717, 1.165) is 0 Å². The van der Waals surface area contributed by atoms with Crippen LogP contribution in [0.3, 0.4) is 0 Å². The maximum atomic E-state index is 10.5. The molecule has 129 valence electrons. The number of aliphatic hydroxyl groups is 8. The maximum absolute atomic E-state index is 10.5. The zero-order valence-electron chi connectivity index (χ0n) is 11.5. The molecule has 10 nitrogen and oxygen atoms in total. The lowest BCUT2D eigenvalue weighted by Crippen LogP contribution is -2.72. The van der Waals surface area contributed by atoms with Crippen LogP contribution in [0.2, 0.25) is 0 Å². The minimum atomic E-state index is -2.43. The predicted octanol–water partition coefficient (Wildman–Crippen LogP) is -5.17. The van der Waals surface area contributed by atoms with E-state index in [-0.39, 0.29) is 0 Å². The van der Waals surface area contributed by atoms with Gasteiger partial charge in [0.2, 0.25) is 0 Å². The molecule has 0 unspecified atom stereocenters. The van der Waals surface area contributed by atoms with Gasteiger partial charge >= 0.3 is 0 Å². The van der Waals surface area contributed by atoms with E-state index in [9.17, 15) is 30.6 Å². The number of rotatable bonds is 3. The first-order valence-electron chi connectivity index (χ1n) is 6.77. The van der Waals surface area contributed by atoms with Crippen molar-refractivity contribution in [2.45, 2.75) is 54.4 Å². The summed E-state index contributed by atoms with van der Waals surface area (Å²) < 4.78 is 10.1. The van der Waals surface area contributed by atoms with E-state index in [1.54, 1.807) is 0 Å². The molecule has 2 rings (SSSR count). The zero-order valence-corrected chi connectivity index (χ0v) is 11.5. The molecule has 8 N–H and O–H groups in total. The summed E-state index contributed by atoms with van der Waals surface area (Å²) in [4.78, 5) is 0. The molecule has 0 aromatic heterocycles. The molecule has 2 heterocycles. The van der Waals surface area contributed by atoms with Gasteiger partial charge in [0, 0.05) is 0 Å². The van der Waals surface area contributed by atoms with E-state index in [1.165, 1.54) is 0 Å². The first-order valence-corrected chi connectivity index (χ1v) is 6.77. The molecule has 9 atom stereocenters. The lowest BCUT2D eigenvalue weighted by atomic mass is 9.78. The van der Waals surface area contributed by atoms with Crippen molar-refractivity contribution in [1.82, 2.24) is 0 Å². The zero-order chi connectivity index (χ0) is 16.7. The van der Waals surface area contributed by atoms with Gasteiger partial charge in [0.25, 0.3) is 0 Å². The molecule has 0 amide bonds. The van der Waals surface area contributed by atoms with Crippen LogP contribution in [0.15, 0.2) is 0 Å². The van der Waals surface area contributed by atoms with Crippen LogP contribution >= 0.6 is 0 Å². The molecule has 22 heavy (non-hydrogen) atoms. The van der Waals surface area contributed by atoms with Gasteiger partial charge in [-0.2, -0.15) is 0 Å². The molecule has 0 spiro atoms. The fourth-order valence-electron chi connectivity index (χ4n) is 2.69. The van der Waals surface area contributed by atoms with Crippen molar-refractivity contribution in [1.29, 1.82) is 0 Å². The van der Waals surface area contributed by atoms with Gasteiger partial charge in [-0.3, -0.25) is 0 Å². The van der Waals surface area contributed by atoms with E-state index in [2.05, 4.69) is 0 Å². The Balaban J connectivity index is 2.24. The Labute approximate surface area is 125 Å². The fourth-order valence-corrected chi connectivity index (χ4v) is 2.69. The van der Waals surface area contributed by atoms with E-state index < -0.39 is 67.6 Å². The predicted molar refractivity (Wildman–Crippen MR) is 67.0 cm³/mol. The summed E-state index contributed by atoms with van der Waals surface area (Å²) in [6.45, 7) is -0.645. The summed E-state index contributed by atoms with van der Waals surface area (Å²) in [6, 6.07) is 0. The van der Waals surface area contributed by atoms with Crippen LogP contribution in [0.5, 0.6) is 0 Å². The van der Waals surface area contributed by atoms with Crippen molar-refractivity contribution in [2.24, 2.45) is 0 Å². The van der Waals surface area contributed by atoms with Crippen LogP contribution in [0.1, 0.15) is 0 Å². The lowest BCUT2D eigenvalue weighted by molar-refractivity contribution is -0.308. The fraction of sp³-hybridized carbons (Fsp3) is 0.917. The van der Waals surface area contributed by atoms with Crippen molar-refractivity contribution in [2.75, 3.05) is 13.2 Å². The average molecular weight is 325 g/mol. The molecule has 2 saturated heterocycles. The van der Waals surface area contributed by atoms with Crippen LogP contribution in [0.25, 0.3) is 0 Å². The molecule has 2 aliphatic heterocycles. The average Bonchev–Trinajstić information content (AvgIpc) is 2.51. The highest BCUT2D eigenvalue weighted by atomic mass is 16.6. The second kappa shape index (κ2) is 6.61. The Bertz CT molecular complexity index is 379. The van der Waals surface area contributed by atoms with Gasteiger partial charge in [-0.25, -0.2) is 0 Å². The van der Waals surface area contributed by atoms with Gasteiger partial charge in [0.05, 0.1) is 13.2 Å². The van der Waals surface area contributed by atoms with Crippen molar-refractivity contribution < 1.29 is 50.3 Å².